The maximum atomic E-state index is 11.1. The van der Waals surface area contributed by atoms with Crippen LogP contribution in [0.25, 0.3) is 0 Å². The summed E-state index contributed by atoms with van der Waals surface area (Å²) >= 11 is 0. The van der Waals surface area contributed by atoms with Crippen molar-refractivity contribution in [1.29, 1.82) is 0 Å². The number of hydrogen-bond acceptors (Lipinski definition) is 4. The summed E-state index contributed by atoms with van der Waals surface area (Å²) in [6.07, 6.45) is 2.92. The number of methoxy groups -OCH3 is 1. The molecular formula is C13H26N2O2. The fraction of sp³-hybridized carbons (Fsp3) is 0.923. The van der Waals surface area contributed by atoms with Crippen LogP contribution in [-0.4, -0.2) is 50.2 Å². The second kappa shape index (κ2) is 7.67. The average molecular weight is 242 g/mol. The molecule has 0 radical (unpaired) electrons. The van der Waals surface area contributed by atoms with Crippen molar-refractivity contribution in [2.75, 3.05) is 33.3 Å². The van der Waals surface area contributed by atoms with Gasteiger partial charge in [-0.3, -0.25) is 4.79 Å². The highest BCUT2D eigenvalue weighted by molar-refractivity contribution is 5.69. The van der Waals surface area contributed by atoms with Gasteiger partial charge in [0.05, 0.1) is 13.5 Å². The molecule has 0 aliphatic carbocycles. The van der Waals surface area contributed by atoms with Crippen molar-refractivity contribution < 1.29 is 9.53 Å². The minimum absolute atomic E-state index is 0.110. The standard InChI is InChI=1S/C13H26N2O2/c1-4-6-14-12-8-11(2)9-15(10-12)7-5-13(16)17-3/h11-12,14H,4-10H2,1-3H3. The summed E-state index contributed by atoms with van der Waals surface area (Å²) in [6.45, 7) is 8.53. The first-order valence-corrected chi connectivity index (χ1v) is 6.68. The smallest absolute Gasteiger partial charge is 0.306 e. The third kappa shape index (κ3) is 5.50. The van der Waals surface area contributed by atoms with Gasteiger partial charge in [-0.15, -0.1) is 0 Å². The number of carbonyl (C=O) groups is 1. The van der Waals surface area contributed by atoms with Gasteiger partial charge in [0.2, 0.25) is 0 Å². The van der Waals surface area contributed by atoms with Crippen LogP contribution in [0.2, 0.25) is 0 Å². The van der Waals surface area contributed by atoms with Crippen molar-refractivity contribution in [2.45, 2.75) is 39.2 Å². The van der Waals surface area contributed by atoms with E-state index in [1.165, 1.54) is 20.0 Å². The molecule has 17 heavy (non-hydrogen) atoms. The Morgan fingerprint density at radius 2 is 2.24 bits per heavy atom. The van der Waals surface area contributed by atoms with Gasteiger partial charge in [-0.1, -0.05) is 13.8 Å². The second-order valence-electron chi connectivity index (χ2n) is 5.08. The number of nitrogens with one attached hydrogen (secondary N) is 1. The molecule has 1 saturated heterocycles. The van der Waals surface area contributed by atoms with Gasteiger partial charge in [-0.2, -0.15) is 0 Å². The molecule has 1 fully saturated rings. The Morgan fingerprint density at radius 1 is 1.47 bits per heavy atom. The van der Waals surface area contributed by atoms with Crippen molar-refractivity contribution in [3.63, 3.8) is 0 Å². The van der Waals surface area contributed by atoms with Crippen molar-refractivity contribution in [3.05, 3.63) is 0 Å². The highest BCUT2D eigenvalue weighted by atomic mass is 16.5. The lowest BCUT2D eigenvalue weighted by Crippen LogP contribution is -2.49. The van der Waals surface area contributed by atoms with Gasteiger partial charge in [0.15, 0.2) is 0 Å². The molecule has 0 aromatic carbocycles. The summed E-state index contributed by atoms with van der Waals surface area (Å²) in [5, 5.41) is 3.58. The monoisotopic (exact) mass is 242 g/mol. The molecule has 1 aliphatic rings. The van der Waals surface area contributed by atoms with Crippen LogP contribution >= 0.6 is 0 Å². The Kier molecular flexibility index (Phi) is 6.52. The number of rotatable bonds is 6. The average Bonchev–Trinajstić information content (AvgIpc) is 2.32. The van der Waals surface area contributed by atoms with Gasteiger partial charge in [0, 0.05) is 25.7 Å². The molecule has 0 spiro atoms. The van der Waals surface area contributed by atoms with Crippen LogP contribution in [0.3, 0.4) is 0 Å². The first-order valence-electron chi connectivity index (χ1n) is 6.68. The third-order valence-corrected chi connectivity index (χ3v) is 3.28. The molecule has 2 atom stereocenters. The number of hydrogen-bond donors (Lipinski definition) is 1. The van der Waals surface area contributed by atoms with Crippen molar-refractivity contribution >= 4 is 5.97 Å². The first kappa shape index (κ1) is 14.5. The van der Waals surface area contributed by atoms with E-state index >= 15 is 0 Å². The van der Waals surface area contributed by atoms with E-state index in [1.54, 1.807) is 0 Å². The highest BCUT2D eigenvalue weighted by Gasteiger charge is 2.24. The van der Waals surface area contributed by atoms with Gasteiger partial charge in [-0.05, 0) is 25.3 Å². The van der Waals surface area contributed by atoms with E-state index in [0.717, 1.165) is 26.2 Å². The molecule has 0 aromatic heterocycles. The Morgan fingerprint density at radius 3 is 2.88 bits per heavy atom. The number of likely N-dealkylation sites (tertiary alicyclic amines) is 1. The van der Waals surface area contributed by atoms with Gasteiger partial charge in [0.25, 0.3) is 0 Å². The largest absolute Gasteiger partial charge is 0.469 e. The summed E-state index contributed by atoms with van der Waals surface area (Å²) in [6, 6.07) is 0.580. The lowest BCUT2D eigenvalue weighted by Gasteiger charge is -2.36. The molecule has 0 bridgehead atoms. The van der Waals surface area contributed by atoms with Crippen LogP contribution in [-0.2, 0) is 9.53 Å². The van der Waals surface area contributed by atoms with Crippen molar-refractivity contribution in [3.8, 4) is 0 Å². The topological polar surface area (TPSA) is 41.6 Å². The lowest BCUT2D eigenvalue weighted by molar-refractivity contribution is -0.141. The Balaban J connectivity index is 2.31. The SMILES string of the molecule is CCCNC1CC(C)CN(CCC(=O)OC)C1. The number of esters is 1. The fourth-order valence-electron chi connectivity index (χ4n) is 2.49. The number of piperidine rings is 1. The molecule has 100 valence electrons. The van der Waals surface area contributed by atoms with Crippen LogP contribution < -0.4 is 5.32 Å². The van der Waals surface area contributed by atoms with Gasteiger partial charge >= 0.3 is 5.97 Å². The molecule has 1 rings (SSSR count). The zero-order valence-electron chi connectivity index (χ0n) is 11.4. The summed E-state index contributed by atoms with van der Waals surface area (Å²) in [5.41, 5.74) is 0. The lowest BCUT2D eigenvalue weighted by atomic mass is 9.95. The normalized spacial score (nSPS) is 25.8. The third-order valence-electron chi connectivity index (χ3n) is 3.28. The zero-order chi connectivity index (χ0) is 12.7. The van der Waals surface area contributed by atoms with E-state index in [0.29, 0.717) is 18.4 Å². The predicted octanol–water partition coefficient (Wildman–Crippen LogP) is 1.26. The van der Waals surface area contributed by atoms with E-state index < -0.39 is 0 Å². The molecule has 0 amide bonds. The number of nitrogens with zero attached hydrogens (tertiary/aromatic N) is 1. The first-order chi connectivity index (χ1) is 8.15. The molecule has 1 aliphatic heterocycles. The van der Waals surface area contributed by atoms with Crippen LogP contribution in [0.1, 0.15) is 33.1 Å². The molecule has 0 saturated carbocycles. The molecule has 1 N–H and O–H groups in total. The van der Waals surface area contributed by atoms with E-state index in [1.807, 2.05) is 0 Å². The quantitative estimate of drug-likeness (QED) is 0.712. The zero-order valence-corrected chi connectivity index (χ0v) is 11.4. The molecule has 4 nitrogen and oxygen atoms in total. The van der Waals surface area contributed by atoms with Crippen LogP contribution in [0, 0.1) is 5.92 Å². The van der Waals surface area contributed by atoms with Gasteiger partial charge < -0.3 is 15.0 Å². The fourth-order valence-corrected chi connectivity index (χ4v) is 2.49. The number of ether oxygens (including phenoxy) is 1. The van der Waals surface area contributed by atoms with Gasteiger partial charge in [0.1, 0.15) is 0 Å². The Bertz CT molecular complexity index is 233. The van der Waals surface area contributed by atoms with Crippen LogP contribution in [0.5, 0.6) is 0 Å². The minimum Gasteiger partial charge on any atom is -0.469 e. The second-order valence-corrected chi connectivity index (χ2v) is 5.08. The molecule has 4 heteroatoms. The minimum atomic E-state index is -0.110. The molecule has 0 aromatic rings. The van der Waals surface area contributed by atoms with Crippen LogP contribution in [0.4, 0.5) is 0 Å². The molecule has 2 unspecified atom stereocenters. The maximum absolute atomic E-state index is 11.1. The predicted molar refractivity (Wildman–Crippen MR) is 68.9 cm³/mol. The maximum Gasteiger partial charge on any atom is 0.306 e. The molecule has 1 heterocycles. The van der Waals surface area contributed by atoms with E-state index in [2.05, 4.69) is 28.8 Å². The van der Waals surface area contributed by atoms with E-state index in [-0.39, 0.29) is 5.97 Å². The summed E-state index contributed by atoms with van der Waals surface area (Å²) < 4.78 is 4.68. The van der Waals surface area contributed by atoms with Gasteiger partial charge in [-0.25, -0.2) is 0 Å². The summed E-state index contributed by atoms with van der Waals surface area (Å²) in [7, 11) is 1.45. The molecular weight excluding hydrogens is 216 g/mol. The highest BCUT2D eigenvalue weighted by Crippen LogP contribution is 2.16. The Hall–Kier alpha value is -0.610. The van der Waals surface area contributed by atoms with Crippen LogP contribution in [0.15, 0.2) is 0 Å². The summed E-state index contributed by atoms with van der Waals surface area (Å²) in [4.78, 5) is 13.5. The number of carbonyl (C=O) groups excluding carboxylic acids is 1. The van der Waals surface area contributed by atoms with E-state index in [9.17, 15) is 4.79 Å². The van der Waals surface area contributed by atoms with E-state index in [4.69, 9.17) is 0 Å². The summed E-state index contributed by atoms with van der Waals surface area (Å²) in [5.74, 6) is 0.594. The van der Waals surface area contributed by atoms with Crippen molar-refractivity contribution in [2.24, 2.45) is 5.92 Å². The Labute approximate surface area is 105 Å². The van der Waals surface area contributed by atoms with Crippen molar-refractivity contribution in [1.82, 2.24) is 10.2 Å².